The maximum atomic E-state index is 11.9. The first kappa shape index (κ1) is 16.2. The largest absolute Gasteiger partial charge is 0.366 e. The fourth-order valence-corrected chi connectivity index (χ4v) is 4.14. The van der Waals surface area contributed by atoms with Crippen molar-refractivity contribution in [3.05, 3.63) is 27.4 Å². The van der Waals surface area contributed by atoms with Gasteiger partial charge in [-0.2, -0.15) is 0 Å². The zero-order chi connectivity index (χ0) is 15.4. The highest BCUT2D eigenvalue weighted by Gasteiger charge is 2.26. The maximum Gasteiger partial charge on any atom is 0.289 e. The average molecular weight is 332 g/mol. The Morgan fingerprint density at radius 2 is 2.33 bits per heavy atom. The van der Waals surface area contributed by atoms with Gasteiger partial charge in [0.15, 0.2) is 0 Å². The summed E-state index contributed by atoms with van der Waals surface area (Å²) in [5.41, 5.74) is -0.126. The number of nitrogens with one attached hydrogen (secondary N) is 1. The summed E-state index contributed by atoms with van der Waals surface area (Å²) in [5.74, 6) is 1.13. The van der Waals surface area contributed by atoms with Crippen LogP contribution < -0.4 is 5.32 Å². The van der Waals surface area contributed by atoms with Gasteiger partial charge in [0, 0.05) is 33.9 Å². The van der Waals surface area contributed by atoms with Gasteiger partial charge in [-0.05, 0) is 19.3 Å². The number of pyridine rings is 1. The van der Waals surface area contributed by atoms with E-state index in [-0.39, 0.29) is 22.0 Å². The molecule has 0 spiro atoms. The maximum absolute atomic E-state index is 11.9. The van der Waals surface area contributed by atoms with Crippen molar-refractivity contribution in [1.82, 2.24) is 4.98 Å². The second-order valence-corrected chi connectivity index (χ2v) is 7.49. The third-order valence-electron chi connectivity index (χ3n) is 3.66. The molecule has 21 heavy (non-hydrogen) atoms. The van der Waals surface area contributed by atoms with Crippen molar-refractivity contribution >= 4 is 33.9 Å². The number of anilines is 1. The Morgan fingerprint density at radius 3 is 2.95 bits per heavy atom. The molecule has 1 fully saturated rings. The van der Waals surface area contributed by atoms with Gasteiger partial charge < -0.3 is 5.32 Å². The van der Waals surface area contributed by atoms with E-state index in [1.165, 1.54) is 12.3 Å². The standard InChI is InChI=1S/C13H18ClN3O3S/c1-2-21(20)11-5-3-4-9(6-11)16-13-12(14)7-10(8-15-13)17(18)19/h7-9,11H,2-6H2,1H3,(H,15,16). The first-order valence-electron chi connectivity index (χ1n) is 6.95. The average Bonchev–Trinajstić information content (AvgIpc) is 2.48. The molecular formula is C13H18ClN3O3S. The Kier molecular flexibility index (Phi) is 5.52. The van der Waals surface area contributed by atoms with Crippen LogP contribution in [-0.2, 0) is 10.8 Å². The molecule has 2 rings (SSSR count). The van der Waals surface area contributed by atoms with Crippen molar-refractivity contribution in [1.29, 1.82) is 0 Å². The fraction of sp³-hybridized carbons (Fsp3) is 0.615. The lowest BCUT2D eigenvalue weighted by Crippen LogP contribution is -2.33. The molecule has 0 saturated heterocycles. The number of hydrogen-bond acceptors (Lipinski definition) is 5. The van der Waals surface area contributed by atoms with E-state index in [4.69, 9.17) is 11.6 Å². The van der Waals surface area contributed by atoms with E-state index in [1.54, 1.807) is 0 Å². The van der Waals surface area contributed by atoms with Crippen molar-refractivity contribution < 1.29 is 9.13 Å². The van der Waals surface area contributed by atoms with Gasteiger partial charge in [-0.1, -0.05) is 24.9 Å². The van der Waals surface area contributed by atoms with Crippen LogP contribution in [0.25, 0.3) is 0 Å². The lowest BCUT2D eigenvalue weighted by Gasteiger charge is -2.29. The van der Waals surface area contributed by atoms with Crippen molar-refractivity contribution in [2.75, 3.05) is 11.1 Å². The zero-order valence-electron chi connectivity index (χ0n) is 11.8. The second-order valence-electron chi connectivity index (χ2n) is 5.08. The minimum Gasteiger partial charge on any atom is -0.366 e. The summed E-state index contributed by atoms with van der Waals surface area (Å²) < 4.78 is 11.9. The molecule has 0 aromatic carbocycles. The summed E-state index contributed by atoms with van der Waals surface area (Å²) in [6.07, 6.45) is 4.97. The highest BCUT2D eigenvalue weighted by atomic mass is 35.5. The minimum atomic E-state index is -0.790. The van der Waals surface area contributed by atoms with Crippen LogP contribution in [0.2, 0.25) is 5.02 Å². The van der Waals surface area contributed by atoms with Gasteiger partial charge in [-0.25, -0.2) is 4.98 Å². The van der Waals surface area contributed by atoms with E-state index in [0.717, 1.165) is 25.7 Å². The Morgan fingerprint density at radius 1 is 1.57 bits per heavy atom. The van der Waals surface area contributed by atoms with Crippen LogP contribution >= 0.6 is 11.6 Å². The van der Waals surface area contributed by atoms with Crippen molar-refractivity contribution in [2.24, 2.45) is 0 Å². The molecule has 8 heteroatoms. The van der Waals surface area contributed by atoms with Gasteiger partial charge in [-0.15, -0.1) is 0 Å². The van der Waals surface area contributed by atoms with E-state index in [2.05, 4.69) is 10.3 Å². The van der Waals surface area contributed by atoms with Gasteiger partial charge in [0.05, 0.1) is 9.95 Å². The van der Waals surface area contributed by atoms with Gasteiger partial charge in [0.1, 0.15) is 12.0 Å². The molecule has 1 heterocycles. The molecule has 3 unspecified atom stereocenters. The third kappa shape index (κ3) is 4.14. The Labute approximate surface area is 130 Å². The lowest BCUT2D eigenvalue weighted by molar-refractivity contribution is -0.385. The molecule has 1 aromatic heterocycles. The smallest absolute Gasteiger partial charge is 0.289 e. The minimum absolute atomic E-state index is 0.126. The SMILES string of the molecule is CCS(=O)C1CCCC(Nc2ncc([N+](=O)[O-])cc2Cl)C1. The number of nitro groups is 1. The van der Waals surface area contributed by atoms with Crippen LogP contribution in [0.4, 0.5) is 11.5 Å². The van der Waals surface area contributed by atoms with Gasteiger partial charge in [0.2, 0.25) is 0 Å². The summed E-state index contributed by atoms with van der Waals surface area (Å²) in [5, 5.41) is 14.3. The number of halogens is 1. The van der Waals surface area contributed by atoms with Gasteiger partial charge >= 0.3 is 0 Å². The number of nitrogens with zero attached hydrogens (tertiary/aromatic N) is 2. The third-order valence-corrected chi connectivity index (χ3v) is 5.69. The molecule has 1 aromatic rings. The van der Waals surface area contributed by atoms with Crippen LogP contribution in [0, 0.1) is 10.1 Å². The zero-order valence-corrected chi connectivity index (χ0v) is 13.3. The highest BCUT2D eigenvalue weighted by Crippen LogP contribution is 2.29. The quantitative estimate of drug-likeness (QED) is 0.661. The predicted octanol–water partition coefficient (Wildman–Crippen LogP) is 3.13. The van der Waals surface area contributed by atoms with Crippen molar-refractivity contribution in [3.8, 4) is 0 Å². The summed E-state index contributed by atoms with van der Waals surface area (Å²) in [6.45, 7) is 1.93. The highest BCUT2D eigenvalue weighted by molar-refractivity contribution is 7.85. The summed E-state index contributed by atoms with van der Waals surface area (Å²) >= 11 is 6.03. The molecule has 116 valence electrons. The van der Waals surface area contributed by atoms with E-state index in [9.17, 15) is 14.3 Å². The molecule has 0 aliphatic heterocycles. The molecule has 0 radical (unpaired) electrons. The molecule has 1 aliphatic carbocycles. The van der Waals surface area contributed by atoms with Gasteiger partial charge in [0.25, 0.3) is 5.69 Å². The first-order valence-corrected chi connectivity index (χ1v) is 8.71. The summed E-state index contributed by atoms with van der Waals surface area (Å²) in [7, 11) is -0.790. The molecular weight excluding hydrogens is 314 g/mol. The second kappa shape index (κ2) is 7.17. The van der Waals surface area contributed by atoms with Crippen LogP contribution in [0.15, 0.2) is 12.3 Å². The Balaban J connectivity index is 2.04. The van der Waals surface area contributed by atoms with E-state index in [1.807, 2.05) is 6.92 Å². The van der Waals surface area contributed by atoms with E-state index >= 15 is 0 Å². The topological polar surface area (TPSA) is 85.1 Å². The molecule has 6 nitrogen and oxygen atoms in total. The monoisotopic (exact) mass is 331 g/mol. The van der Waals surface area contributed by atoms with E-state index < -0.39 is 15.7 Å². The van der Waals surface area contributed by atoms with Crippen LogP contribution in [0.1, 0.15) is 32.6 Å². The first-order chi connectivity index (χ1) is 10.0. The molecule has 0 bridgehead atoms. The van der Waals surface area contributed by atoms with Crippen LogP contribution in [-0.4, -0.2) is 31.2 Å². The van der Waals surface area contributed by atoms with E-state index in [0.29, 0.717) is 11.6 Å². The van der Waals surface area contributed by atoms with Crippen LogP contribution in [0.3, 0.4) is 0 Å². The number of aromatic nitrogens is 1. The summed E-state index contributed by atoms with van der Waals surface area (Å²) in [6, 6.07) is 1.45. The summed E-state index contributed by atoms with van der Waals surface area (Å²) in [4.78, 5) is 14.2. The number of rotatable bonds is 5. The molecule has 1 saturated carbocycles. The van der Waals surface area contributed by atoms with Crippen molar-refractivity contribution in [3.63, 3.8) is 0 Å². The van der Waals surface area contributed by atoms with Crippen molar-refractivity contribution in [2.45, 2.75) is 43.9 Å². The Hall–Kier alpha value is -1.21. The van der Waals surface area contributed by atoms with Crippen LogP contribution in [0.5, 0.6) is 0 Å². The molecule has 1 N–H and O–H groups in total. The normalized spacial score (nSPS) is 23.5. The Bertz CT molecular complexity index is 555. The number of hydrogen-bond donors (Lipinski definition) is 1. The molecule has 0 amide bonds. The predicted molar refractivity (Wildman–Crippen MR) is 84.3 cm³/mol. The lowest BCUT2D eigenvalue weighted by atomic mass is 9.95. The van der Waals surface area contributed by atoms with Gasteiger partial charge in [-0.3, -0.25) is 14.3 Å². The molecule has 1 aliphatic rings. The fourth-order valence-electron chi connectivity index (χ4n) is 2.58. The molecule has 3 atom stereocenters.